The Morgan fingerprint density at radius 3 is 3.33 bits per heavy atom. The monoisotopic (exact) mass is 208 g/mol. The van der Waals surface area contributed by atoms with E-state index in [9.17, 15) is 0 Å². The predicted molar refractivity (Wildman–Crippen MR) is 56.8 cm³/mol. The highest BCUT2D eigenvalue weighted by Crippen LogP contribution is 2.23. The van der Waals surface area contributed by atoms with Crippen LogP contribution in [0.4, 0.5) is 0 Å². The highest BCUT2D eigenvalue weighted by Gasteiger charge is 2.16. The fraction of sp³-hybridized carbons (Fsp3) is 0.545. The Balaban J connectivity index is 1.95. The van der Waals surface area contributed by atoms with Gasteiger partial charge in [-0.1, -0.05) is 12.7 Å². The number of nitrogens with zero attached hydrogens (tertiary/aromatic N) is 2. The van der Waals surface area contributed by atoms with Crippen molar-refractivity contribution in [2.75, 3.05) is 13.2 Å². The molecule has 2 heterocycles. The molecule has 15 heavy (non-hydrogen) atoms. The predicted octanol–water partition coefficient (Wildman–Crippen LogP) is 2.15. The fourth-order valence-electron chi connectivity index (χ4n) is 1.64. The standard InChI is InChI=1S/C11H16N2O2/c1-2-6-14-10-8-12-13(9-10)11-5-3-4-7-15-11/h2,8-9,11H,1,3-7H2. The van der Waals surface area contributed by atoms with Crippen LogP contribution < -0.4 is 4.74 Å². The topological polar surface area (TPSA) is 36.3 Å². The summed E-state index contributed by atoms with van der Waals surface area (Å²) in [5.74, 6) is 0.768. The molecule has 4 nitrogen and oxygen atoms in total. The van der Waals surface area contributed by atoms with Crippen molar-refractivity contribution >= 4 is 0 Å². The van der Waals surface area contributed by atoms with Gasteiger partial charge in [0, 0.05) is 6.61 Å². The Hall–Kier alpha value is -1.29. The van der Waals surface area contributed by atoms with Crippen molar-refractivity contribution in [2.24, 2.45) is 0 Å². The van der Waals surface area contributed by atoms with E-state index in [2.05, 4.69) is 11.7 Å². The van der Waals surface area contributed by atoms with E-state index in [4.69, 9.17) is 9.47 Å². The lowest BCUT2D eigenvalue weighted by atomic mass is 10.2. The molecule has 0 N–H and O–H groups in total. The molecule has 1 unspecified atom stereocenters. The third-order valence-electron chi connectivity index (χ3n) is 2.40. The SMILES string of the molecule is C=CCOc1cnn(C2CCCCO2)c1. The average molecular weight is 208 g/mol. The van der Waals surface area contributed by atoms with Gasteiger partial charge in [-0.05, 0) is 19.3 Å². The van der Waals surface area contributed by atoms with E-state index in [1.807, 2.05) is 10.9 Å². The highest BCUT2D eigenvalue weighted by atomic mass is 16.5. The van der Waals surface area contributed by atoms with Gasteiger partial charge in [-0.3, -0.25) is 0 Å². The van der Waals surface area contributed by atoms with Crippen LogP contribution in [0.15, 0.2) is 25.0 Å². The van der Waals surface area contributed by atoms with Gasteiger partial charge in [0.05, 0.1) is 12.4 Å². The van der Waals surface area contributed by atoms with Crippen molar-refractivity contribution in [2.45, 2.75) is 25.5 Å². The summed E-state index contributed by atoms with van der Waals surface area (Å²) in [5.41, 5.74) is 0. The molecular formula is C11H16N2O2. The van der Waals surface area contributed by atoms with Gasteiger partial charge in [-0.15, -0.1) is 0 Å². The first kappa shape index (κ1) is 10.2. The number of hydrogen-bond donors (Lipinski definition) is 0. The van der Waals surface area contributed by atoms with Crippen LogP contribution in [-0.2, 0) is 4.74 Å². The number of hydrogen-bond acceptors (Lipinski definition) is 3. The fourth-order valence-corrected chi connectivity index (χ4v) is 1.64. The molecule has 1 aliphatic heterocycles. The van der Waals surface area contributed by atoms with Crippen molar-refractivity contribution in [3.05, 3.63) is 25.0 Å². The summed E-state index contributed by atoms with van der Waals surface area (Å²) >= 11 is 0. The van der Waals surface area contributed by atoms with Crippen molar-refractivity contribution < 1.29 is 9.47 Å². The lowest BCUT2D eigenvalue weighted by molar-refractivity contribution is -0.0395. The van der Waals surface area contributed by atoms with E-state index < -0.39 is 0 Å². The summed E-state index contributed by atoms with van der Waals surface area (Å²) in [6.45, 7) is 4.93. The molecule has 82 valence electrons. The van der Waals surface area contributed by atoms with E-state index in [0.29, 0.717) is 6.61 Å². The largest absolute Gasteiger partial charge is 0.486 e. The van der Waals surface area contributed by atoms with Crippen LogP contribution in [0, 0.1) is 0 Å². The second-order valence-corrected chi connectivity index (χ2v) is 3.58. The van der Waals surface area contributed by atoms with E-state index in [1.165, 1.54) is 6.42 Å². The summed E-state index contributed by atoms with van der Waals surface area (Å²) < 4.78 is 12.8. The molecule has 4 heteroatoms. The first-order chi connectivity index (χ1) is 7.40. The van der Waals surface area contributed by atoms with E-state index in [-0.39, 0.29) is 6.23 Å². The Labute approximate surface area is 89.5 Å². The van der Waals surface area contributed by atoms with Gasteiger partial charge in [0.25, 0.3) is 0 Å². The Morgan fingerprint density at radius 2 is 2.60 bits per heavy atom. The highest BCUT2D eigenvalue weighted by molar-refractivity contribution is 5.12. The van der Waals surface area contributed by atoms with Crippen LogP contribution in [0.2, 0.25) is 0 Å². The van der Waals surface area contributed by atoms with Crippen molar-refractivity contribution in [3.8, 4) is 5.75 Å². The maximum atomic E-state index is 5.61. The minimum absolute atomic E-state index is 0.0832. The molecule has 0 radical (unpaired) electrons. The summed E-state index contributed by atoms with van der Waals surface area (Å²) in [6, 6.07) is 0. The third-order valence-corrected chi connectivity index (χ3v) is 2.40. The van der Waals surface area contributed by atoms with E-state index in [0.717, 1.165) is 25.2 Å². The first-order valence-electron chi connectivity index (χ1n) is 5.29. The van der Waals surface area contributed by atoms with Crippen LogP contribution in [-0.4, -0.2) is 23.0 Å². The Bertz CT molecular complexity index is 316. The molecule has 0 bridgehead atoms. The lowest BCUT2D eigenvalue weighted by Crippen LogP contribution is -2.18. The van der Waals surface area contributed by atoms with Crippen LogP contribution in [0.25, 0.3) is 0 Å². The lowest BCUT2D eigenvalue weighted by Gasteiger charge is -2.22. The number of rotatable bonds is 4. The zero-order chi connectivity index (χ0) is 10.5. The molecule has 0 amide bonds. The van der Waals surface area contributed by atoms with Gasteiger partial charge in [0.15, 0.2) is 5.75 Å². The van der Waals surface area contributed by atoms with Crippen LogP contribution in [0.3, 0.4) is 0 Å². The maximum absolute atomic E-state index is 5.61. The zero-order valence-electron chi connectivity index (χ0n) is 8.76. The van der Waals surface area contributed by atoms with Crippen LogP contribution in [0.1, 0.15) is 25.5 Å². The minimum Gasteiger partial charge on any atom is -0.486 e. The molecule has 0 aliphatic carbocycles. The van der Waals surface area contributed by atoms with E-state index in [1.54, 1.807) is 12.3 Å². The maximum Gasteiger partial charge on any atom is 0.157 e. The van der Waals surface area contributed by atoms with Gasteiger partial charge in [-0.2, -0.15) is 5.10 Å². The molecule has 1 saturated heterocycles. The van der Waals surface area contributed by atoms with Gasteiger partial charge in [0.2, 0.25) is 0 Å². The van der Waals surface area contributed by atoms with Gasteiger partial charge >= 0.3 is 0 Å². The normalized spacial score (nSPS) is 21.2. The molecule has 2 rings (SSSR count). The molecule has 0 aromatic carbocycles. The van der Waals surface area contributed by atoms with Gasteiger partial charge in [0.1, 0.15) is 12.8 Å². The Morgan fingerprint density at radius 1 is 1.67 bits per heavy atom. The van der Waals surface area contributed by atoms with Crippen molar-refractivity contribution in [1.82, 2.24) is 9.78 Å². The second kappa shape index (κ2) is 4.98. The third kappa shape index (κ3) is 2.59. The molecule has 1 fully saturated rings. The van der Waals surface area contributed by atoms with Gasteiger partial charge < -0.3 is 9.47 Å². The molecule has 1 aromatic heterocycles. The molecule has 1 aliphatic rings. The van der Waals surface area contributed by atoms with Gasteiger partial charge in [-0.25, -0.2) is 4.68 Å². The molecule has 1 aromatic rings. The Kier molecular flexibility index (Phi) is 3.40. The molecular weight excluding hydrogens is 192 g/mol. The summed E-state index contributed by atoms with van der Waals surface area (Å²) in [4.78, 5) is 0. The zero-order valence-corrected chi connectivity index (χ0v) is 8.76. The second-order valence-electron chi connectivity index (χ2n) is 3.58. The average Bonchev–Trinajstić information content (AvgIpc) is 2.76. The molecule has 0 saturated carbocycles. The summed E-state index contributed by atoms with van der Waals surface area (Å²) in [5, 5.41) is 4.23. The number of aromatic nitrogens is 2. The minimum atomic E-state index is 0.0832. The van der Waals surface area contributed by atoms with Crippen LogP contribution in [0.5, 0.6) is 5.75 Å². The van der Waals surface area contributed by atoms with Crippen molar-refractivity contribution in [3.63, 3.8) is 0 Å². The molecule has 1 atom stereocenters. The van der Waals surface area contributed by atoms with E-state index >= 15 is 0 Å². The molecule has 0 spiro atoms. The summed E-state index contributed by atoms with van der Waals surface area (Å²) in [7, 11) is 0. The quantitative estimate of drug-likeness (QED) is 0.711. The summed E-state index contributed by atoms with van der Waals surface area (Å²) in [6.07, 6.45) is 8.77. The van der Waals surface area contributed by atoms with Crippen LogP contribution >= 0.6 is 0 Å². The van der Waals surface area contributed by atoms with Crippen molar-refractivity contribution in [1.29, 1.82) is 0 Å². The smallest absolute Gasteiger partial charge is 0.157 e. The number of ether oxygens (including phenoxy) is 2. The first-order valence-corrected chi connectivity index (χ1v) is 5.29.